The highest BCUT2D eigenvalue weighted by Gasteiger charge is 2.28. The average Bonchev–Trinajstić information content (AvgIpc) is 2.54. The molecule has 0 bridgehead atoms. The summed E-state index contributed by atoms with van der Waals surface area (Å²) in [5.74, 6) is -1.05. The molecule has 2 N–H and O–H groups in total. The van der Waals surface area contributed by atoms with Crippen molar-refractivity contribution in [2.75, 3.05) is 6.54 Å². The number of hydrogen-bond acceptors (Lipinski definition) is 6. The largest absolute Gasteiger partial charge is 0.405 e. The van der Waals surface area contributed by atoms with Crippen molar-refractivity contribution in [3.8, 4) is 0 Å². The number of non-ortho nitro benzene ring substituents is 1. The summed E-state index contributed by atoms with van der Waals surface area (Å²) >= 11 is 0. The predicted molar refractivity (Wildman–Crippen MR) is 80.3 cm³/mol. The molecule has 1 aromatic carbocycles. The van der Waals surface area contributed by atoms with E-state index in [0.717, 1.165) is 29.1 Å². The second-order valence-corrected chi connectivity index (χ2v) is 4.98. The summed E-state index contributed by atoms with van der Waals surface area (Å²) in [6.45, 7) is -2.30. The maximum atomic E-state index is 12.2. The fraction of sp³-hybridized carbons (Fsp3) is 0.231. The third-order valence-corrected chi connectivity index (χ3v) is 3.04. The number of carbonyl (C=O) groups excluding carboxylic acids is 2. The van der Waals surface area contributed by atoms with E-state index in [9.17, 15) is 37.7 Å². The van der Waals surface area contributed by atoms with E-state index in [1.807, 2.05) is 0 Å². The predicted octanol–water partition coefficient (Wildman–Crippen LogP) is 0.693. The quantitative estimate of drug-likeness (QED) is 0.598. The molecule has 0 aliphatic carbocycles. The number of nitrogens with zero attached hydrogens (tertiary/aromatic N) is 3. The molecule has 2 aromatic rings. The van der Waals surface area contributed by atoms with Crippen molar-refractivity contribution in [1.29, 1.82) is 0 Å². The lowest BCUT2D eigenvalue weighted by atomic mass is 10.2. The minimum atomic E-state index is -4.64. The lowest BCUT2D eigenvalue weighted by Crippen LogP contribution is -2.45. The number of hydrogen-bond donors (Lipinski definition) is 2. The van der Waals surface area contributed by atoms with Gasteiger partial charge < -0.3 is 5.32 Å². The molecule has 26 heavy (non-hydrogen) atoms. The van der Waals surface area contributed by atoms with E-state index < -0.39 is 41.7 Å². The number of amides is 3. The Bertz CT molecular complexity index is 940. The van der Waals surface area contributed by atoms with Gasteiger partial charge in [-0.2, -0.15) is 13.2 Å². The molecule has 0 aliphatic heterocycles. The molecule has 0 atom stereocenters. The third-order valence-electron chi connectivity index (χ3n) is 3.04. The summed E-state index contributed by atoms with van der Waals surface area (Å²) in [5, 5.41) is 13.8. The molecule has 138 valence electrons. The van der Waals surface area contributed by atoms with Gasteiger partial charge in [-0.1, -0.05) is 0 Å². The van der Waals surface area contributed by atoms with Gasteiger partial charge in [0, 0.05) is 12.1 Å². The van der Waals surface area contributed by atoms with Crippen LogP contribution < -0.4 is 16.2 Å². The number of carbonyl (C=O) groups is 2. The van der Waals surface area contributed by atoms with Crippen molar-refractivity contribution in [2.24, 2.45) is 0 Å². The van der Waals surface area contributed by atoms with E-state index in [-0.39, 0.29) is 16.6 Å². The van der Waals surface area contributed by atoms with E-state index >= 15 is 0 Å². The minimum Gasteiger partial charge on any atom is -0.329 e. The summed E-state index contributed by atoms with van der Waals surface area (Å²) in [6.07, 6.45) is -3.70. The van der Waals surface area contributed by atoms with E-state index in [1.54, 1.807) is 5.32 Å². The Morgan fingerprint density at radius 2 is 2.00 bits per heavy atom. The molecule has 2 rings (SSSR count). The Hall–Kier alpha value is -3.51. The Labute approximate surface area is 141 Å². The lowest BCUT2D eigenvalue weighted by molar-refractivity contribution is -0.384. The maximum Gasteiger partial charge on any atom is 0.405 e. The molecule has 0 unspecified atom stereocenters. The van der Waals surface area contributed by atoms with E-state index in [4.69, 9.17) is 0 Å². The first-order valence-corrected chi connectivity index (χ1v) is 6.85. The lowest BCUT2D eigenvalue weighted by Gasteiger charge is -2.10. The van der Waals surface area contributed by atoms with Crippen LogP contribution >= 0.6 is 0 Å². The number of nitro groups is 1. The summed E-state index contributed by atoms with van der Waals surface area (Å²) < 4.78 is 36.7. The van der Waals surface area contributed by atoms with Crippen molar-refractivity contribution in [3.63, 3.8) is 0 Å². The van der Waals surface area contributed by atoms with Crippen molar-refractivity contribution in [1.82, 2.24) is 20.2 Å². The summed E-state index contributed by atoms with van der Waals surface area (Å²) in [6, 6.07) is 1.95. The van der Waals surface area contributed by atoms with Crippen molar-refractivity contribution in [3.05, 3.63) is 45.0 Å². The van der Waals surface area contributed by atoms with Crippen LogP contribution in [0.1, 0.15) is 0 Å². The fourth-order valence-corrected chi connectivity index (χ4v) is 1.92. The van der Waals surface area contributed by atoms with Gasteiger partial charge in [0.15, 0.2) is 0 Å². The molecule has 10 nitrogen and oxygen atoms in total. The summed E-state index contributed by atoms with van der Waals surface area (Å²) in [5.41, 5.74) is -0.958. The number of alkyl halides is 3. The van der Waals surface area contributed by atoms with Crippen LogP contribution in [0.15, 0.2) is 29.3 Å². The molecule has 1 heterocycles. The van der Waals surface area contributed by atoms with Crippen LogP contribution in [0.4, 0.5) is 23.7 Å². The highest BCUT2D eigenvalue weighted by atomic mass is 19.4. The minimum absolute atomic E-state index is 0.00702. The van der Waals surface area contributed by atoms with Crippen LogP contribution in [0, 0.1) is 10.1 Å². The van der Waals surface area contributed by atoms with Crippen LogP contribution in [-0.2, 0) is 11.3 Å². The van der Waals surface area contributed by atoms with Gasteiger partial charge in [0.05, 0.1) is 22.2 Å². The van der Waals surface area contributed by atoms with Crippen molar-refractivity contribution < 1.29 is 27.7 Å². The van der Waals surface area contributed by atoms with Gasteiger partial charge in [-0.3, -0.25) is 29.6 Å². The Balaban J connectivity index is 2.11. The van der Waals surface area contributed by atoms with Gasteiger partial charge >= 0.3 is 12.2 Å². The molecule has 3 amide bonds. The van der Waals surface area contributed by atoms with Gasteiger partial charge in [-0.05, 0) is 6.07 Å². The van der Waals surface area contributed by atoms with Gasteiger partial charge in [0.1, 0.15) is 13.1 Å². The first kappa shape index (κ1) is 18.8. The number of benzene rings is 1. The Kier molecular flexibility index (Phi) is 5.19. The van der Waals surface area contributed by atoms with Crippen molar-refractivity contribution in [2.45, 2.75) is 12.7 Å². The number of nitro benzene ring substituents is 1. The Morgan fingerprint density at radius 1 is 1.31 bits per heavy atom. The fourth-order valence-electron chi connectivity index (χ4n) is 1.92. The van der Waals surface area contributed by atoms with E-state index in [0.29, 0.717) is 0 Å². The molecule has 13 heteroatoms. The van der Waals surface area contributed by atoms with Gasteiger partial charge in [-0.15, -0.1) is 0 Å². The van der Waals surface area contributed by atoms with Crippen LogP contribution in [0.5, 0.6) is 0 Å². The number of nitrogens with one attached hydrogen (secondary N) is 2. The zero-order chi connectivity index (χ0) is 19.5. The molecule has 0 spiro atoms. The molecule has 0 aliphatic rings. The van der Waals surface area contributed by atoms with Gasteiger partial charge in [0.2, 0.25) is 5.91 Å². The molecule has 0 saturated heterocycles. The van der Waals surface area contributed by atoms with Crippen LogP contribution in [0.25, 0.3) is 10.9 Å². The van der Waals surface area contributed by atoms with Crippen LogP contribution in [0.3, 0.4) is 0 Å². The second kappa shape index (κ2) is 7.16. The highest BCUT2D eigenvalue weighted by Crippen LogP contribution is 2.16. The Morgan fingerprint density at radius 3 is 2.62 bits per heavy atom. The topological polar surface area (TPSA) is 136 Å². The molecule has 0 radical (unpaired) electrons. The first-order chi connectivity index (χ1) is 12.1. The standard InChI is InChI=1S/C13H10F3N5O5/c14-13(15,16)5-17-12(24)19-10(22)4-20-6-18-9-3-7(21(25)26)1-2-8(9)11(20)23/h1-3,6H,4-5H2,(H2,17,19,22,24). The van der Waals surface area contributed by atoms with Gasteiger partial charge in [-0.25, -0.2) is 9.78 Å². The third kappa shape index (κ3) is 4.75. The average molecular weight is 373 g/mol. The van der Waals surface area contributed by atoms with E-state index in [2.05, 4.69) is 4.98 Å². The van der Waals surface area contributed by atoms with Crippen LogP contribution in [-0.4, -0.2) is 39.1 Å². The smallest absolute Gasteiger partial charge is 0.329 e. The molecule has 1 aromatic heterocycles. The zero-order valence-corrected chi connectivity index (χ0v) is 12.7. The molecule has 0 fully saturated rings. The number of aromatic nitrogens is 2. The monoisotopic (exact) mass is 373 g/mol. The molecular weight excluding hydrogens is 363 g/mol. The maximum absolute atomic E-state index is 12.2. The van der Waals surface area contributed by atoms with Crippen molar-refractivity contribution >= 4 is 28.5 Å². The number of halogens is 3. The zero-order valence-electron chi connectivity index (χ0n) is 12.7. The van der Waals surface area contributed by atoms with Gasteiger partial charge in [0.25, 0.3) is 11.2 Å². The van der Waals surface area contributed by atoms with Crippen LogP contribution in [0.2, 0.25) is 0 Å². The summed E-state index contributed by atoms with van der Waals surface area (Å²) in [7, 11) is 0. The SMILES string of the molecule is O=C(Cn1cnc2cc([N+](=O)[O-])ccc2c1=O)NC(=O)NCC(F)(F)F. The number of rotatable bonds is 4. The molecular formula is C13H10F3N5O5. The highest BCUT2D eigenvalue weighted by molar-refractivity contribution is 5.94. The summed E-state index contributed by atoms with van der Waals surface area (Å²) in [4.78, 5) is 48.9. The second-order valence-electron chi connectivity index (χ2n) is 4.98. The molecule has 0 saturated carbocycles. The number of urea groups is 1. The first-order valence-electron chi connectivity index (χ1n) is 6.85. The van der Waals surface area contributed by atoms with E-state index in [1.165, 1.54) is 5.32 Å². The number of fused-ring (bicyclic) bond motifs is 1. The number of imide groups is 1. The normalized spacial score (nSPS) is 11.2.